The first-order chi connectivity index (χ1) is 16.9. The largest absolute Gasteiger partial charge is 0.497 e. The molecule has 7 heteroatoms. The van der Waals surface area contributed by atoms with E-state index in [9.17, 15) is 9.59 Å². The molecule has 0 bridgehead atoms. The van der Waals surface area contributed by atoms with Gasteiger partial charge < -0.3 is 9.72 Å². The van der Waals surface area contributed by atoms with Crippen molar-refractivity contribution in [2.75, 3.05) is 7.11 Å². The molecule has 0 spiro atoms. The number of H-pyrrole nitrogens is 2. The summed E-state index contributed by atoms with van der Waals surface area (Å²) in [6.07, 6.45) is 5.36. The Hall–Kier alpha value is -3.25. The fourth-order valence-corrected chi connectivity index (χ4v) is 5.58. The first-order valence-electron chi connectivity index (χ1n) is 12.2. The molecule has 1 unspecified atom stereocenters. The maximum absolute atomic E-state index is 14.1. The summed E-state index contributed by atoms with van der Waals surface area (Å²) in [4.78, 5) is 30.9. The number of fused-ring (bicyclic) bond motifs is 1. The number of aryl methyl sites for hydroxylation is 1. The SMILES string of the molecule is COc1ccc2[nH]c(C)c(C(C(=O)c3ccc(Cl)cc3)c3[nH]n(C4CCCCC4)c(=O)c3C)c2c1. The predicted octanol–water partition coefficient (Wildman–Crippen LogP) is 6.46. The van der Waals surface area contributed by atoms with Crippen LogP contribution in [0.25, 0.3) is 10.9 Å². The molecule has 1 fully saturated rings. The minimum Gasteiger partial charge on any atom is -0.497 e. The van der Waals surface area contributed by atoms with Gasteiger partial charge in [0.15, 0.2) is 5.78 Å². The smallest absolute Gasteiger partial charge is 0.269 e. The molecule has 0 saturated heterocycles. The molecule has 2 heterocycles. The van der Waals surface area contributed by atoms with Gasteiger partial charge in [-0.05, 0) is 74.7 Å². The molecule has 1 aliphatic carbocycles. The Labute approximate surface area is 209 Å². The van der Waals surface area contributed by atoms with Crippen LogP contribution >= 0.6 is 11.6 Å². The maximum atomic E-state index is 14.1. The van der Waals surface area contributed by atoms with Crippen LogP contribution in [0.2, 0.25) is 5.02 Å². The highest BCUT2D eigenvalue weighted by Gasteiger charge is 2.33. The van der Waals surface area contributed by atoms with Crippen molar-refractivity contribution in [3.63, 3.8) is 0 Å². The van der Waals surface area contributed by atoms with E-state index in [4.69, 9.17) is 16.3 Å². The van der Waals surface area contributed by atoms with Crippen molar-refractivity contribution in [2.45, 2.75) is 57.9 Å². The minimum atomic E-state index is -0.686. The summed E-state index contributed by atoms with van der Waals surface area (Å²) in [6.45, 7) is 3.79. The maximum Gasteiger partial charge on any atom is 0.269 e. The van der Waals surface area contributed by atoms with Gasteiger partial charge in [-0.1, -0.05) is 30.9 Å². The van der Waals surface area contributed by atoms with Crippen LogP contribution in [-0.2, 0) is 0 Å². The number of halogens is 1. The highest BCUT2D eigenvalue weighted by Crippen LogP contribution is 2.38. The lowest BCUT2D eigenvalue weighted by Crippen LogP contribution is -2.25. The number of ketones is 1. The Balaban J connectivity index is 1.73. The molecule has 1 aliphatic rings. The Kier molecular flexibility index (Phi) is 6.32. The van der Waals surface area contributed by atoms with E-state index in [2.05, 4.69) is 10.1 Å². The lowest BCUT2D eigenvalue weighted by Gasteiger charge is -2.22. The van der Waals surface area contributed by atoms with Gasteiger partial charge in [-0.3, -0.25) is 14.7 Å². The summed E-state index contributed by atoms with van der Waals surface area (Å²) in [5.41, 5.74) is 4.37. The summed E-state index contributed by atoms with van der Waals surface area (Å²) in [5, 5.41) is 4.87. The molecule has 2 aromatic carbocycles. The Morgan fingerprint density at radius 2 is 1.80 bits per heavy atom. The molecule has 35 heavy (non-hydrogen) atoms. The van der Waals surface area contributed by atoms with Gasteiger partial charge in [-0.15, -0.1) is 0 Å². The molecular formula is C28H30ClN3O3. The average Bonchev–Trinajstić information content (AvgIpc) is 3.35. The Bertz CT molecular complexity index is 1440. The number of hydrogen-bond acceptors (Lipinski definition) is 3. The number of Topliss-reactive ketones (excluding diaryl/α,β-unsaturated/α-hetero) is 1. The second-order valence-electron chi connectivity index (χ2n) is 9.50. The third-order valence-electron chi connectivity index (χ3n) is 7.34. The van der Waals surface area contributed by atoms with Crippen molar-refractivity contribution in [1.82, 2.24) is 14.8 Å². The van der Waals surface area contributed by atoms with E-state index in [0.29, 0.717) is 27.6 Å². The van der Waals surface area contributed by atoms with E-state index in [0.717, 1.165) is 47.8 Å². The van der Waals surface area contributed by atoms with Gasteiger partial charge in [0, 0.05) is 32.7 Å². The molecule has 0 amide bonds. The summed E-state index contributed by atoms with van der Waals surface area (Å²) < 4.78 is 7.24. The lowest BCUT2D eigenvalue weighted by molar-refractivity contribution is 0.0972. The number of benzene rings is 2. The number of carbonyl (C=O) groups is 1. The minimum absolute atomic E-state index is 0.0455. The molecule has 2 aromatic heterocycles. The molecule has 0 aliphatic heterocycles. The number of nitrogens with zero attached hydrogens (tertiary/aromatic N) is 1. The van der Waals surface area contributed by atoms with Crippen LogP contribution in [0.5, 0.6) is 5.75 Å². The predicted molar refractivity (Wildman–Crippen MR) is 139 cm³/mol. The second kappa shape index (κ2) is 9.42. The summed E-state index contributed by atoms with van der Waals surface area (Å²) in [5.74, 6) is -0.0661. The zero-order valence-corrected chi connectivity index (χ0v) is 21.0. The van der Waals surface area contributed by atoms with Gasteiger partial charge in [0.2, 0.25) is 0 Å². The highest BCUT2D eigenvalue weighted by molar-refractivity contribution is 6.30. The topological polar surface area (TPSA) is 79.9 Å². The van der Waals surface area contributed by atoms with Crippen molar-refractivity contribution < 1.29 is 9.53 Å². The fraction of sp³-hybridized carbons (Fsp3) is 0.357. The van der Waals surface area contributed by atoms with Crippen LogP contribution < -0.4 is 10.3 Å². The third kappa shape index (κ3) is 4.20. The molecule has 182 valence electrons. The Morgan fingerprint density at radius 3 is 2.49 bits per heavy atom. The van der Waals surface area contributed by atoms with E-state index in [-0.39, 0.29) is 17.4 Å². The third-order valence-corrected chi connectivity index (χ3v) is 7.59. The van der Waals surface area contributed by atoms with E-state index in [1.807, 2.05) is 32.0 Å². The zero-order chi connectivity index (χ0) is 24.7. The number of aromatic amines is 2. The second-order valence-corrected chi connectivity index (χ2v) is 9.93. The van der Waals surface area contributed by atoms with Gasteiger partial charge in [-0.25, -0.2) is 4.68 Å². The Morgan fingerprint density at radius 1 is 1.09 bits per heavy atom. The van der Waals surface area contributed by atoms with Gasteiger partial charge in [0.1, 0.15) is 5.75 Å². The van der Waals surface area contributed by atoms with E-state index in [1.165, 1.54) is 6.42 Å². The van der Waals surface area contributed by atoms with E-state index >= 15 is 0 Å². The normalized spacial score (nSPS) is 15.4. The quantitative estimate of drug-likeness (QED) is 0.304. The molecule has 2 N–H and O–H groups in total. The number of ether oxygens (including phenoxy) is 1. The van der Waals surface area contributed by atoms with Gasteiger partial charge in [-0.2, -0.15) is 0 Å². The van der Waals surface area contributed by atoms with Crippen LogP contribution in [0, 0.1) is 13.8 Å². The van der Waals surface area contributed by atoms with Crippen LogP contribution in [0.15, 0.2) is 47.3 Å². The summed E-state index contributed by atoms with van der Waals surface area (Å²) in [6, 6.07) is 12.9. The van der Waals surface area contributed by atoms with Gasteiger partial charge in [0.05, 0.1) is 24.8 Å². The van der Waals surface area contributed by atoms with Gasteiger partial charge in [0.25, 0.3) is 5.56 Å². The number of methoxy groups -OCH3 is 1. The number of rotatable bonds is 6. The van der Waals surface area contributed by atoms with Crippen molar-refractivity contribution in [3.8, 4) is 5.75 Å². The number of aromatic nitrogens is 3. The summed E-state index contributed by atoms with van der Waals surface area (Å²) >= 11 is 6.10. The van der Waals surface area contributed by atoms with Crippen LogP contribution in [0.3, 0.4) is 0 Å². The van der Waals surface area contributed by atoms with Crippen molar-refractivity contribution in [2.24, 2.45) is 0 Å². The van der Waals surface area contributed by atoms with E-state index in [1.54, 1.807) is 36.1 Å². The lowest BCUT2D eigenvalue weighted by atomic mass is 9.85. The van der Waals surface area contributed by atoms with Crippen molar-refractivity contribution in [1.29, 1.82) is 0 Å². The monoisotopic (exact) mass is 491 g/mol. The van der Waals surface area contributed by atoms with Crippen molar-refractivity contribution in [3.05, 3.63) is 85.9 Å². The first kappa shape index (κ1) is 23.5. The van der Waals surface area contributed by atoms with Crippen LogP contribution in [-0.4, -0.2) is 27.7 Å². The van der Waals surface area contributed by atoms with Crippen LogP contribution in [0.4, 0.5) is 0 Å². The van der Waals surface area contributed by atoms with Crippen LogP contribution in [0.1, 0.15) is 76.9 Å². The zero-order valence-electron chi connectivity index (χ0n) is 20.3. The number of hydrogen-bond donors (Lipinski definition) is 2. The summed E-state index contributed by atoms with van der Waals surface area (Å²) in [7, 11) is 1.63. The van der Waals surface area contributed by atoms with Crippen molar-refractivity contribution >= 4 is 28.3 Å². The number of nitrogens with one attached hydrogen (secondary N) is 2. The molecule has 0 radical (unpaired) electrons. The molecule has 4 aromatic rings. The van der Waals surface area contributed by atoms with E-state index < -0.39 is 5.92 Å². The standard InChI is InChI=1S/C28H30ClN3O3/c1-16-26(31-32(28(16)34)20-7-5-4-6-8-20)25(27(33)18-9-11-19(29)12-10-18)24-17(2)30-23-14-13-21(35-3)15-22(23)24/h9-15,20,25,30-31H,4-8H2,1-3H3. The fourth-order valence-electron chi connectivity index (χ4n) is 5.45. The van der Waals surface area contributed by atoms with Gasteiger partial charge >= 0.3 is 0 Å². The number of carbonyl (C=O) groups excluding carboxylic acids is 1. The molecule has 6 nitrogen and oxygen atoms in total. The average molecular weight is 492 g/mol. The molecule has 1 saturated carbocycles. The molecule has 5 rings (SSSR count). The molecular weight excluding hydrogens is 462 g/mol. The first-order valence-corrected chi connectivity index (χ1v) is 12.5. The highest BCUT2D eigenvalue weighted by atomic mass is 35.5. The molecule has 1 atom stereocenters.